The van der Waals surface area contributed by atoms with Crippen molar-refractivity contribution in [3.8, 4) is 0 Å². The van der Waals surface area contributed by atoms with Gasteiger partial charge < -0.3 is 10.1 Å². The molecule has 2 aromatic carbocycles. The molecule has 0 radical (unpaired) electrons. The number of esters is 1. The third-order valence-electron chi connectivity index (χ3n) is 4.79. The number of anilines is 1. The molecule has 1 atom stereocenters. The lowest BCUT2D eigenvalue weighted by Gasteiger charge is -2.28. The van der Waals surface area contributed by atoms with E-state index < -0.39 is 0 Å². The van der Waals surface area contributed by atoms with Crippen LogP contribution in [-0.4, -0.2) is 17.6 Å². The predicted octanol–water partition coefficient (Wildman–Crippen LogP) is 4.26. The molecule has 2 aliphatic rings. The van der Waals surface area contributed by atoms with Crippen LogP contribution in [0.4, 0.5) is 5.69 Å². The number of nitrogens with zero attached hydrogens (tertiary/aromatic N) is 1. The summed E-state index contributed by atoms with van der Waals surface area (Å²) in [5, 5.41) is 5.07. The van der Waals surface area contributed by atoms with Crippen LogP contribution in [0.5, 0.6) is 0 Å². The Labute approximate surface area is 149 Å². The van der Waals surface area contributed by atoms with Gasteiger partial charge in [0, 0.05) is 28.2 Å². The lowest BCUT2D eigenvalue weighted by atomic mass is 9.79. The zero-order valence-electron chi connectivity index (χ0n) is 13.1. The largest absolute Gasteiger partial charge is 0.456 e. The molecule has 3 aromatic rings. The number of hydrogen-bond acceptors (Lipinski definition) is 4. The van der Waals surface area contributed by atoms with Gasteiger partial charge in [0.1, 0.15) is 6.61 Å². The first-order chi connectivity index (χ1) is 12.2. The number of benzene rings is 2. The van der Waals surface area contributed by atoms with E-state index in [2.05, 4.69) is 10.3 Å². The predicted molar refractivity (Wildman–Crippen MR) is 96.6 cm³/mol. The standard InChI is InChI=1S/C20H13ClN2O2/c21-12-5-3-11(4-6-12)17-18-13-2-1-9-22-14(13)7-8-15(18)23-16-10-25-20(24)19(16)17/h1-9,17,23H,10H2. The van der Waals surface area contributed by atoms with Crippen molar-refractivity contribution in [1.82, 2.24) is 4.98 Å². The van der Waals surface area contributed by atoms with Gasteiger partial charge in [0.05, 0.1) is 16.8 Å². The second-order valence-electron chi connectivity index (χ2n) is 6.17. The topological polar surface area (TPSA) is 51.2 Å². The molecule has 2 aliphatic heterocycles. The van der Waals surface area contributed by atoms with E-state index in [0.29, 0.717) is 10.6 Å². The maximum absolute atomic E-state index is 12.4. The van der Waals surface area contributed by atoms with Crippen LogP contribution in [0.3, 0.4) is 0 Å². The van der Waals surface area contributed by atoms with E-state index in [4.69, 9.17) is 16.3 Å². The van der Waals surface area contributed by atoms with E-state index in [-0.39, 0.29) is 18.5 Å². The molecule has 0 spiro atoms. The van der Waals surface area contributed by atoms with Crippen LogP contribution in [0.25, 0.3) is 10.9 Å². The number of ether oxygens (including phenoxy) is 1. The summed E-state index contributed by atoms with van der Waals surface area (Å²) < 4.78 is 5.30. The zero-order chi connectivity index (χ0) is 17.0. The summed E-state index contributed by atoms with van der Waals surface area (Å²) in [7, 11) is 0. The molecule has 1 N–H and O–H groups in total. The Morgan fingerprint density at radius 1 is 1.12 bits per heavy atom. The zero-order valence-corrected chi connectivity index (χ0v) is 13.9. The summed E-state index contributed by atoms with van der Waals surface area (Å²) in [6, 6.07) is 15.6. The third-order valence-corrected chi connectivity index (χ3v) is 5.04. The first kappa shape index (κ1) is 14.5. The second kappa shape index (κ2) is 5.33. The fourth-order valence-corrected chi connectivity index (χ4v) is 3.83. The van der Waals surface area contributed by atoms with Crippen molar-refractivity contribution in [2.75, 3.05) is 11.9 Å². The fraction of sp³-hybridized carbons (Fsp3) is 0.100. The van der Waals surface area contributed by atoms with Crippen molar-refractivity contribution in [3.05, 3.63) is 82.1 Å². The highest BCUT2D eigenvalue weighted by atomic mass is 35.5. The van der Waals surface area contributed by atoms with Gasteiger partial charge in [-0.15, -0.1) is 0 Å². The lowest BCUT2D eigenvalue weighted by molar-refractivity contribution is -0.136. The van der Waals surface area contributed by atoms with Gasteiger partial charge in [-0.3, -0.25) is 4.98 Å². The number of fused-ring (bicyclic) bond motifs is 3. The van der Waals surface area contributed by atoms with E-state index in [1.807, 2.05) is 48.5 Å². The fourth-order valence-electron chi connectivity index (χ4n) is 3.70. The molecule has 0 saturated heterocycles. The highest BCUT2D eigenvalue weighted by Gasteiger charge is 2.39. The Balaban J connectivity index is 1.83. The van der Waals surface area contributed by atoms with Crippen molar-refractivity contribution in [3.63, 3.8) is 0 Å². The normalized spacial score (nSPS) is 18.6. The Morgan fingerprint density at radius 3 is 2.80 bits per heavy atom. The Morgan fingerprint density at radius 2 is 1.96 bits per heavy atom. The van der Waals surface area contributed by atoms with Crippen LogP contribution in [0, 0.1) is 0 Å². The van der Waals surface area contributed by atoms with Crippen molar-refractivity contribution in [1.29, 1.82) is 0 Å². The average Bonchev–Trinajstić information content (AvgIpc) is 3.01. The van der Waals surface area contributed by atoms with Crippen LogP contribution in [0.2, 0.25) is 5.02 Å². The third kappa shape index (κ3) is 2.14. The van der Waals surface area contributed by atoms with Gasteiger partial charge in [0.2, 0.25) is 0 Å². The number of cyclic esters (lactones) is 1. The molecule has 1 aromatic heterocycles. The highest BCUT2D eigenvalue weighted by molar-refractivity contribution is 6.30. The molecular formula is C20H13ClN2O2. The van der Waals surface area contributed by atoms with Crippen molar-refractivity contribution < 1.29 is 9.53 Å². The first-order valence-electron chi connectivity index (χ1n) is 8.02. The molecule has 25 heavy (non-hydrogen) atoms. The van der Waals surface area contributed by atoms with Crippen LogP contribution >= 0.6 is 11.6 Å². The van der Waals surface area contributed by atoms with Gasteiger partial charge in [0.25, 0.3) is 0 Å². The summed E-state index contributed by atoms with van der Waals surface area (Å²) in [4.78, 5) is 16.9. The molecule has 0 fully saturated rings. The van der Waals surface area contributed by atoms with Gasteiger partial charge in [-0.05, 0) is 41.5 Å². The van der Waals surface area contributed by atoms with E-state index in [1.165, 1.54) is 0 Å². The van der Waals surface area contributed by atoms with Crippen LogP contribution in [0.15, 0.2) is 66.0 Å². The highest BCUT2D eigenvalue weighted by Crippen LogP contribution is 2.46. The number of aromatic nitrogens is 1. The lowest BCUT2D eigenvalue weighted by Crippen LogP contribution is -2.20. The molecular weight excluding hydrogens is 336 g/mol. The van der Waals surface area contributed by atoms with Crippen molar-refractivity contribution >= 4 is 34.2 Å². The summed E-state index contributed by atoms with van der Waals surface area (Å²) in [5.74, 6) is -0.472. The van der Waals surface area contributed by atoms with Gasteiger partial charge in [0.15, 0.2) is 0 Å². The van der Waals surface area contributed by atoms with Crippen LogP contribution in [-0.2, 0) is 9.53 Å². The van der Waals surface area contributed by atoms with Crippen molar-refractivity contribution in [2.45, 2.75) is 5.92 Å². The van der Waals surface area contributed by atoms with Gasteiger partial charge >= 0.3 is 5.97 Å². The number of carbonyl (C=O) groups is 1. The first-order valence-corrected chi connectivity index (χ1v) is 8.40. The van der Waals surface area contributed by atoms with E-state index in [0.717, 1.165) is 33.4 Å². The summed E-state index contributed by atoms with van der Waals surface area (Å²) in [6.07, 6.45) is 1.77. The summed E-state index contributed by atoms with van der Waals surface area (Å²) in [6.45, 7) is 0.281. The smallest absolute Gasteiger partial charge is 0.337 e. The molecule has 0 amide bonds. The van der Waals surface area contributed by atoms with Gasteiger partial charge in [-0.1, -0.05) is 29.8 Å². The molecule has 4 nitrogen and oxygen atoms in total. The molecule has 1 unspecified atom stereocenters. The van der Waals surface area contributed by atoms with Crippen LogP contribution in [0.1, 0.15) is 17.0 Å². The Bertz CT molecular complexity index is 1060. The number of pyridine rings is 1. The molecule has 122 valence electrons. The minimum absolute atomic E-state index is 0.202. The monoisotopic (exact) mass is 348 g/mol. The molecule has 0 bridgehead atoms. The SMILES string of the molecule is O=C1OCC2=C1C(c1ccc(Cl)cc1)c1c(ccc3ncccc13)N2. The maximum Gasteiger partial charge on any atom is 0.337 e. The second-order valence-corrected chi connectivity index (χ2v) is 6.61. The molecule has 0 aliphatic carbocycles. The minimum Gasteiger partial charge on any atom is -0.456 e. The minimum atomic E-state index is -0.269. The Kier molecular flexibility index (Phi) is 3.09. The number of halogens is 1. The maximum atomic E-state index is 12.4. The molecule has 0 saturated carbocycles. The quantitative estimate of drug-likeness (QED) is 0.668. The molecule has 5 rings (SSSR count). The number of nitrogens with one attached hydrogen (secondary N) is 1. The van der Waals surface area contributed by atoms with E-state index in [1.54, 1.807) is 6.20 Å². The van der Waals surface area contributed by atoms with Crippen molar-refractivity contribution in [2.24, 2.45) is 0 Å². The summed E-state index contributed by atoms with van der Waals surface area (Å²) >= 11 is 6.06. The van der Waals surface area contributed by atoms with Gasteiger partial charge in [-0.25, -0.2) is 4.79 Å². The number of carbonyl (C=O) groups excluding carboxylic acids is 1. The summed E-state index contributed by atoms with van der Waals surface area (Å²) in [5.41, 5.74) is 5.45. The Hall–Kier alpha value is -2.85. The van der Waals surface area contributed by atoms with E-state index in [9.17, 15) is 4.79 Å². The van der Waals surface area contributed by atoms with Crippen LogP contribution < -0.4 is 5.32 Å². The number of rotatable bonds is 1. The van der Waals surface area contributed by atoms with E-state index >= 15 is 0 Å². The average molecular weight is 349 g/mol. The molecule has 3 heterocycles. The number of hydrogen-bond donors (Lipinski definition) is 1. The molecule has 5 heteroatoms. The van der Waals surface area contributed by atoms with Gasteiger partial charge in [-0.2, -0.15) is 0 Å².